The summed E-state index contributed by atoms with van der Waals surface area (Å²) in [6, 6.07) is 0. The van der Waals surface area contributed by atoms with Crippen molar-refractivity contribution in [3.05, 3.63) is 6.61 Å². The molecule has 1 radical (unpaired) electrons. The molecule has 9 heavy (non-hydrogen) atoms. The maximum absolute atomic E-state index is 5.06. The van der Waals surface area contributed by atoms with Gasteiger partial charge in [-0.25, -0.2) is 0 Å². The molecule has 0 aromatic carbocycles. The van der Waals surface area contributed by atoms with E-state index in [1.54, 1.807) is 13.7 Å². The molecule has 0 rings (SSSR count). The van der Waals surface area contributed by atoms with Crippen molar-refractivity contribution in [2.45, 2.75) is 26.4 Å². The lowest BCUT2D eigenvalue weighted by Crippen LogP contribution is -2.24. The molecule has 0 unspecified atom stereocenters. The predicted molar refractivity (Wildman–Crippen MR) is 37.0 cm³/mol. The van der Waals surface area contributed by atoms with Crippen molar-refractivity contribution in [2.24, 2.45) is 0 Å². The molecule has 2 nitrogen and oxygen atoms in total. The molecule has 0 aliphatic carbocycles. The molecule has 0 spiro atoms. The Morgan fingerprint density at radius 1 is 1.44 bits per heavy atom. The van der Waals surface area contributed by atoms with E-state index in [9.17, 15) is 0 Å². The van der Waals surface area contributed by atoms with E-state index in [-0.39, 0.29) is 5.60 Å². The third-order valence-corrected chi connectivity index (χ3v) is 1.06. The average molecular weight is 131 g/mol. The van der Waals surface area contributed by atoms with Crippen LogP contribution in [0.4, 0.5) is 0 Å². The van der Waals surface area contributed by atoms with Crippen molar-refractivity contribution in [3.8, 4) is 0 Å². The zero-order chi connectivity index (χ0) is 7.33. The number of hydrogen-bond acceptors (Lipinski definition) is 2. The van der Waals surface area contributed by atoms with Gasteiger partial charge in [0.15, 0.2) is 0 Å². The summed E-state index contributed by atoms with van der Waals surface area (Å²) in [5, 5.41) is 0. The molecule has 0 aliphatic rings. The van der Waals surface area contributed by atoms with E-state index in [0.29, 0.717) is 6.61 Å². The van der Waals surface area contributed by atoms with Gasteiger partial charge in [0, 0.05) is 13.7 Å². The maximum atomic E-state index is 5.06. The van der Waals surface area contributed by atoms with E-state index in [0.717, 1.165) is 0 Å². The quantitative estimate of drug-likeness (QED) is 0.577. The van der Waals surface area contributed by atoms with E-state index in [1.807, 2.05) is 20.8 Å². The minimum atomic E-state index is -0.254. The third kappa shape index (κ3) is 4.43. The van der Waals surface area contributed by atoms with Crippen LogP contribution in [0.15, 0.2) is 0 Å². The Labute approximate surface area is 57.2 Å². The van der Waals surface area contributed by atoms with Crippen molar-refractivity contribution in [1.29, 1.82) is 0 Å². The standard InChI is InChI=1S/C7H15O2/c1-5-9-6-7(2,3)8-4/h6H,5H2,1-4H3. The molecular weight excluding hydrogens is 116 g/mol. The zero-order valence-corrected chi connectivity index (χ0v) is 6.60. The minimum absolute atomic E-state index is 0.254. The first-order valence-electron chi connectivity index (χ1n) is 3.13. The van der Waals surface area contributed by atoms with Crippen LogP contribution >= 0.6 is 0 Å². The van der Waals surface area contributed by atoms with E-state index in [1.165, 1.54) is 0 Å². The first-order chi connectivity index (χ1) is 4.12. The normalized spacial score (nSPS) is 12.0. The summed E-state index contributed by atoms with van der Waals surface area (Å²) in [6.45, 7) is 8.24. The van der Waals surface area contributed by atoms with Crippen LogP contribution in [-0.2, 0) is 9.47 Å². The molecule has 2 heteroatoms. The molecule has 0 amide bonds. The largest absolute Gasteiger partial charge is 0.376 e. The van der Waals surface area contributed by atoms with Crippen LogP contribution in [-0.4, -0.2) is 19.3 Å². The second-order valence-electron chi connectivity index (χ2n) is 2.38. The Bertz CT molecular complexity index is 69.3. The number of hydrogen-bond donors (Lipinski definition) is 0. The van der Waals surface area contributed by atoms with Gasteiger partial charge in [-0.2, -0.15) is 0 Å². The molecule has 0 N–H and O–H groups in total. The van der Waals surface area contributed by atoms with Gasteiger partial charge in [0.1, 0.15) is 6.61 Å². The molecule has 0 fully saturated rings. The Kier molecular flexibility index (Phi) is 3.82. The summed E-state index contributed by atoms with van der Waals surface area (Å²) in [5.74, 6) is 0. The molecule has 0 atom stereocenters. The first-order valence-corrected chi connectivity index (χ1v) is 3.13. The molecule has 0 heterocycles. The van der Waals surface area contributed by atoms with Crippen LogP contribution in [0.2, 0.25) is 0 Å². The van der Waals surface area contributed by atoms with Crippen LogP contribution in [0.5, 0.6) is 0 Å². The summed E-state index contributed by atoms with van der Waals surface area (Å²) in [6.07, 6.45) is 0. The van der Waals surface area contributed by atoms with Crippen LogP contribution < -0.4 is 0 Å². The topological polar surface area (TPSA) is 18.5 Å². The fourth-order valence-electron chi connectivity index (χ4n) is 0.332. The van der Waals surface area contributed by atoms with Crippen molar-refractivity contribution in [3.63, 3.8) is 0 Å². The van der Waals surface area contributed by atoms with Crippen molar-refractivity contribution in [2.75, 3.05) is 13.7 Å². The lowest BCUT2D eigenvalue weighted by molar-refractivity contribution is -0.00594. The van der Waals surface area contributed by atoms with Gasteiger partial charge in [-0.15, -0.1) is 0 Å². The third-order valence-electron chi connectivity index (χ3n) is 1.06. The van der Waals surface area contributed by atoms with E-state index < -0.39 is 0 Å². The molecule has 0 aliphatic heterocycles. The Morgan fingerprint density at radius 2 is 2.00 bits per heavy atom. The van der Waals surface area contributed by atoms with Gasteiger partial charge in [0.2, 0.25) is 0 Å². The summed E-state index contributed by atoms with van der Waals surface area (Å²) in [7, 11) is 1.66. The number of rotatable bonds is 4. The average Bonchev–Trinajstić information content (AvgIpc) is 1.84. The maximum Gasteiger partial charge on any atom is 0.115 e. The summed E-state index contributed by atoms with van der Waals surface area (Å²) in [4.78, 5) is 0. The second-order valence-corrected chi connectivity index (χ2v) is 2.38. The van der Waals surface area contributed by atoms with E-state index in [4.69, 9.17) is 9.47 Å². The number of ether oxygens (including phenoxy) is 2. The SMILES string of the molecule is CCO[CH]C(C)(C)OC. The Morgan fingerprint density at radius 3 is 2.33 bits per heavy atom. The van der Waals surface area contributed by atoms with Gasteiger partial charge in [-0.3, -0.25) is 0 Å². The van der Waals surface area contributed by atoms with Crippen molar-refractivity contribution in [1.82, 2.24) is 0 Å². The first kappa shape index (κ1) is 8.92. The highest BCUT2D eigenvalue weighted by Crippen LogP contribution is 2.11. The van der Waals surface area contributed by atoms with Gasteiger partial charge >= 0.3 is 0 Å². The van der Waals surface area contributed by atoms with Crippen molar-refractivity contribution >= 4 is 0 Å². The Balaban J connectivity index is 3.33. The molecule has 55 valence electrons. The Hall–Kier alpha value is -0.0800. The van der Waals surface area contributed by atoms with Crippen molar-refractivity contribution < 1.29 is 9.47 Å². The molecule has 0 aromatic rings. The minimum Gasteiger partial charge on any atom is -0.376 e. The molecule has 0 saturated carbocycles. The van der Waals surface area contributed by atoms with Crippen LogP contribution in [0.25, 0.3) is 0 Å². The van der Waals surface area contributed by atoms with Gasteiger partial charge in [-0.05, 0) is 20.8 Å². The fraction of sp³-hybridized carbons (Fsp3) is 0.857. The number of methoxy groups -OCH3 is 1. The summed E-state index contributed by atoms with van der Waals surface area (Å²) in [5.41, 5.74) is -0.254. The zero-order valence-electron chi connectivity index (χ0n) is 6.60. The smallest absolute Gasteiger partial charge is 0.115 e. The fourth-order valence-corrected chi connectivity index (χ4v) is 0.332. The predicted octanol–water partition coefficient (Wildman–Crippen LogP) is 1.61. The van der Waals surface area contributed by atoms with Gasteiger partial charge in [0.05, 0.1) is 5.60 Å². The van der Waals surface area contributed by atoms with Crippen LogP contribution in [0.3, 0.4) is 0 Å². The summed E-state index contributed by atoms with van der Waals surface area (Å²) < 4.78 is 10.1. The highest BCUT2D eigenvalue weighted by molar-refractivity contribution is 4.77. The van der Waals surface area contributed by atoms with Gasteiger partial charge in [-0.1, -0.05) is 0 Å². The monoisotopic (exact) mass is 131 g/mol. The van der Waals surface area contributed by atoms with Crippen LogP contribution in [0.1, 0.15) is 20.8 Å². The van der Waals surface area contributed by atoms with E-state index >= 15 is 0 Å². The lowest BCUT2D eigenvalue weighted by Gasteiger charge is -2.20. The van der Waals surface area contributed by atoms with E-state index in [2.05, 4.69) is 0 Å². The summed E-state index contributed by atoms with van der Waals surface area (Å²) >= 11 is 0. The van der Waals surface area contributed by atoms with Gasteiger partial charge < -0.3 is 9.47 Å². The molecule has 0 aromatic heterocycles. The van der Waals surface area contributed by atoms with Crippen LogP contribution in [0, 0.1) is 6.61 Å². The molecule has 0 saturated heterocycles. The molecular formula is C7H15O2. The lowest BCUT2D eigenvalue weighted by atomic mass is 10.1. The second kappa shape index (κ2) is 3.85. The van der Waals surface area contributed by atoms with Gasteiger partial charge in [0.25, 0.3) is 0 Å². The highest BCUT2D eigenvalue weighted by atomic mass is 16.5. The highest BCUT2D eigenvalue weighted by Gasteiger charge is 2.16. The molecule has 0 bridgehead atoms.